The van der Waals surface area contributed by atoms with Gasteiger partial charge in [0.25, 0.3) is 0 Å². The highest BCUT2D eigenvalue weighted by Gasteiger charge is 2.12. The van der Waals surface area contributed by atoms with Gasteiger partial charge in [-0.15, -0.1) is 0 Å². The van der Waals surface area contributed by atoms with Crippen LogP contribution in [0.3, 0.4) is 0 Å². The molecular weight excluding hydrogens is 307 g/mol. The monoisotopic (exact) mass is 316 g/mol. The van der Waals surface area contributed by atoms with E-state index in [0.29, 0.717) is 27.6 Å². The molecule has 0 atom stereocenters. The number of fused-ring (bicyclic) bond motifs is 1. The van der Waals surface area contributed by atoms with E-state index in [-0.39, 0.29) is 5.82 Å². The van der Waals surface area contributed by atoms with Gasteiger partial charge in [0.15, 0.2) is 0 Å². The van der Waals surface area contributed by atoms with E-state index in [0.717, 1.165) is 6.08 Å². The summed E-state index contributed by atoms with van der Waals surface area (Å²) in [5.74, 6) is -1.42. The molecule has 22 heavy (non-hydrogen) atoms. The maximum atomic E-state index is 13.1. The number of halogens is 2. The fourth-order valence-electron chi connectivity index (χ4n) is 2.17. The third kappa shape index (κ3) is 2.71. The SMILES string of the molecule is O=C(O)C=Cc1c(-c2ccc(F)cc2)nc2ccc(Cl)cn12. The molecule has 0 aliphatic rings. The van der Waals surface area contributed by atoms with Gasteiger partial charge in [-0.1, -0.05) is 11.6 Å². The Hall–Kier alpha value is -2.66. The Morgan fingerprint density at radius 2 is 1.95 bits per heavy atom. The lowest BCUT2D eigenvalue weighted by Crippen LogP contribution is -1.91. The first-order valence-electron chi connectivity index (χ1n) is 6.39. The third-order valence-corrected chi connectivity index (χ3v) is 3.34. The van der Waals surface area contributed by atoms with Gasteiger partial charge in [-0.2, -0.15) is 0 Å². The summed E-state index contributed by atoms with van der Waals surface area (Å²) in [5.41, 5.74) is 2.42. The molecule has 0 saturated heterocycles. The molecule has 0 fully saturated rings. The molecule has 1 N–H and O–H groups in total. The minimum Gasteiger partial charge on any atom is -0.478 e. The first-order chi connectivity index (χ1) is 10.5. The van der Waals surface area contributed by atoms with Crippen molar-refractivity contribution in [2.24, 2.45) is 0 Å². The lowest BCUT2D eigenvalue weighted by Gasteiger charge is -2.01. The van der Waals surface area contributed by atoms with Gasteiger partial charge in [-0.3, -0.25) is 4.40 Å². The molecule has 0 aliphatic heterocycles. The number of carbonyl (C=O) groups is 1. The number of rotatable bonds is 3. The minimum absolute atomic E-state index is 0.349. The van der Waals surface area contributed by atoms with Crippen LogP contribution < -0.4 is 0 Å². The summed E-state index contributed by atoms with van der Waals surface area (Å²) >= 11 is 5.99. The van der Waals surface area contributed by atoms with Crippen molar-refractivity contribution < 1.29 is 14.3 Å². The Bertz CT molecular complexity index is 885. The molecule has 3 rings (SSSR count). The maximum absolute atomic E-state index is 13.1. The molecule has 3 aromatic rings. The molecule has 110 valence electrons. The third-order valence-electron chi connectivity index (χ3n) is 3.12. The zero-order chi connectivity index (χ0) is 15.7. The first-order valence-corrected chi connectivity index (χ1v) is 6.77. The van der Waals surface area contributed by atoms with Gasteiger partial charge in [0.2, 0.25) is 0 Å². The zero-order valence-corrected chi connectivity index (χ0v) is 12.0. The number of nitrogens with zero attached hydrogens (tertiary/aromatic N) is 2. The van der Waals surface area contributed by atoms with E-state index in [1.165, 1.54) is 18.2 Å². The number of aliphatic carboxylic acids is 1. The summed E-state index contributed by atoms with van der Waals surface area (Å²) < 4.78 is 14.8. The molecule has 0 bridgehead atoms. The Morgan fingerprint density at radius 1 is 1.23 bits per heavy atom. The Morgan fingerprint density at radius 3 is 2.64 bits per heavy atom. The second-order valence-electron chi connectivity index (χ2n) is 4.60. The lowest BCUT2D eigenvalue weighted by atomic mass is 10.1. The fourth-order valence-corrected chi connectivity index (χ4v) is 2.33. The topological polar surface area (TPSA) is 54.6 Å². The molecular formula is C16H10ClFN2O2. The van der Waals surface area contributed by atoms with Crippen LogP contribution in [0.5, 0.6) is 0 Å². The van der Waals surface area contributed by atoms with Gasteiger partial charge in [-0.05, 0) is 42.5 Å². The molecule has 0 unspecified atom stereocenters. The number of benzene rings is 1. The number of imidazole rings is 1. The van der Waals surface area contributed by atoms with Gasteiger partial charge < -0.3 is 5.11 Å². The van der Waals surface area contributed by atoms with Crippen LogP contribution in [0.25, 0.3) is 23.0 Å². The highest BCUT2D eigenvalue weighted by Crippen LogP contribution is 2.27. The van der Waals surface area contributed by atoms with E-state index in [4.69, 9.17) is 16.7 Å². The van der Waals surface area contributed by atoms with Crippen LogP contribution >= 0.6 is 11.6 Å². The standard InChI is InChI=1S/C16H10ClFN2O2/c17-11-3-7-14-19-16(10-1-4-12(18)5-2-10)13(20(14)9-11)6-8-15(21)22/h1-9H,(H,21,22). The Balaban J connectivity index is 2.26. The quantitative estimate of drug-likeness (QED) is 0.746. The van der Waals surface area contributed by atoms with Crippen molar-refractivity contribution in [1.82, 2.24) is 9.38 Å². The predicted molar refractivity (Wildman–Crippen MR) is 82.3 cm³/mol. The molecule has 0 amide bonds. The van der Waals surface area contributed by atoms with Crippen LogP contribution in [-0.4, -0.2) is 20.5 Å². The van der Waals surface area contributed by atoms with Crippen LogP contribution in [0.15, 0.2) is 48.7 Å². The normalized spacial score (nSPS) is 11.4. The van der Waals surface area contributed by atoms with Crippen molar-refractivity contribution in [3.63, 3.8) is 0 Å². The van der Waals surface area contributed by atoms with Crippen molar-refractivity contribution in [3.8, 4) is 11.3 Å². The summed E-state index contributed by atoms with van der Waals surface area (Å²) in [5, 5.41) is 9.35. The van der Waals surface area contributed by atoms with E-state index in [9.17, 15) is 9.18 Å². The van der Waals surface area contributed by atoms with Gasteiger partial charge in [-0.25, -0.2) is 14.2 Å². The Kier molecular flexibility index (Phi) is 3.65. The highest BCUT2D eigenvalue weighted by molar-refractivity contribution is 6.30. The van der Waals surface area contributed by atoms with E-state index in [2.05, 4.69) is 4.98 Å². The van der Waals surface area contributed by atoms with Crippen LogP contribution in [0.4, 0.5) is 4.39 Å². The minimum atomic E-state index is -1.07. The molecule has 2 heterocycles. The number of carboxylic acid groups (broad SMARTS) is 1. The van der Waals surface area contributed by atoms with Crippen LogP contribution in [0.2, 0.25) is 5.02 Å². The van der Waals surface area contributed by atoms with E-state index in [1.54, 1.807) is 34.9 Å². The first kappa shape index (κ1) is 14.3. The summed E-state index contributed by atoms with van der Waals surface area (Å²) in [4.78, 5) is 15.3. The molecule has 1 aromatic carbocycles. The molecule has 4 nitrogen and oxygen atoms in total. The van der Waals surface area contributed by atoms with Crippen molar-refractivity contribution >= 4 is 29.3 Å². The smallest absolute Gasteiger partial charge is 0.328 e. The lowest BCUT2D eigenvalue weighted by molar-refractivity contribution is -0.131. The van der Waals surface area contributed by atoms with Crippen molar-refractivity contribution in [2.45, 2.75) is 0 Å². The zero-order valence-electron chi connectivity index (χ0n) is 11.2. The molecule has 0 aliphatic carbocycles. The van der Waals surface area contributed by atoms with Crippen molar-refractivity contribution in [1.29, 1.82) is 0 Å². The van der Waals surface area contributed by atoms with Gasteiger partial charge in [0.05, 0.1) is 16.4 Å². The molecule has 6 heteroatoms. The van der Waals surface area contributed by atoms with Gasteiger partial charge >= 0.3 is 5.97 Å². The summed E-state index contributed by atoms with van der Waals surface area (Å²) in [6.45, 7) is 0. The van der Waals surface area contributed by atoms with E-state index >= 15 is 0 Å². The molecule has 2 aromatic heterocycles. The van der Waals surface area contributed by atoms with Crippen molar-refractivity contribution in [3.05, 3.63) is 65.2 Å². The largest absolute Gasteiger partial charge is 0.478 e. The van der Waals surface area contributed by atoms with Gasteiger partial charge in [0.1, 0.15) is 11.5 Å². The second kappa shape index (κ2) is 5.61. The predicted octanol–water partition coefficient (Wildman–Crippen LogP) is 3.89. The highest BCUT2D eigenvalue weighted by atomic mass is 35.5. The fraction of sp³-hybridized carbons (Fsp3) is 0. The number of carboxylic acids is 1. The molecule has 0 saturated carbocycles. The summed E-state index contributed by atoms with van der Waals surface area (Å²) in [7, 11) is 0. The van der Waals surface area contributed by atoms with Crippen molar-refractivity contribution in [2.75, 3.05) is 0 Å². The average Bonchev–Trinajstić information content (AvgIpc) is 2.83. The number of hydrogen-bond donors (Lipinski definition) is 1. The van der Waals surface area contributed by atoms with Gasteiger partial charge in [0, 0.05) is 17.8 Å². The Labute approximate surface area is 130 Å². The van der Waals surface area contributed by atoms with E-state index < -0.39 is 5.97 Å². The van der Waals surface area contributed by atoms with Crippen LogP contribution in [0, 0.1) is 5.82 Å². The molecule has 0 spiro atoms. The molecule has 0 radical (unpaired) electrons. The second-order valence-corrected chi connectivity index (χ2v) is 5.04. The summed E-state index contributed by atoms with van der Waals surface area (Å²) in [6.07, 6.45) is 4.12. The summed E-state index contributed by atoms with van der Waals surface area (Å²) in [6, 6.07) is 9.28. The average molecular weight is 317 g/mol. The van der Waals surface area contributed by atoms with E-state index in [1.807, 2.05) is 0 Å². The number of hydrogen-bond acceptors (Lipinski definition) is 2. The number of pyridine rings is 1. The maximum Gasteiger partial charge on any atom is 0.328 e. The van der Waals surface area contributed by atoms with Crippen LogP contribution in [0.1, 0.15) is 5.69 Å². The number of aromatic nitrogens is 2. The van der Waals surface area contributed by atoms with Crippen LogP contribution in [-0.2, 0) is 4.79 Å².